The van der Waals surface area contributed by atoms with Crippen LogP contribution in [0.4, 0.5) is 0 Å². The number of aryl methyl sites for hydroxylation is 1. The van der Waals surface area contributed by atoms with E-state index in [9.17, 15) is 4.79 Å². The topological polar surface area (TPSA) is 81.5 Å². The van der Waals surface area contributed by atoms with Gasteiger partial charge in [-0.05, 0) is 42.0 Å². The van der Waals surface area contributed by atoms with Crippen LogP contribution in [0.1, 0.15) is 61.0 Å². The predicted molar refractivity (Wildman–Crippen MR) is 86.5 cm³/mol. The Morgan fingerprint density at radius 2 is 1.95 bits per heavy atom. The van der Waals surface area contributed by atoms with Gasteiger partial charge in [0.15, 0.2) is 5.96 Å². The molecule has 5 heteroatoms. The summed E-state index contributed by atoms with van der Waals surface area (Å²) in [5.41, 5.74) is 13.5. The second kappa shape index (κ2) is 8.59. The fourth-order valence-corrected chi connectivity index (χ4v) is 2.07. The van der Waals surface area contributed by atoms with Crippen molar-refractivity contribution < 1.29 is 4.79 Å². The average Bonchev–Trinajstić information content (AvgIpc) is 2.34. The van der Waals surface area contributed by atoms with E-state index in [1.807, 2.05) is 12.1 Å². The fourth-order valence-electron chi connectivity index (χ4n) is 2.07. The van der Waals surface area contributed by atoms with Crippen LogP contribution in [0.3, 0.4) is 0 Å². The first-order chi connectivity index (χ1) is 8.95. The van der Waals surface area contributed by atoms with E-state index in [-0.39, 0.29) is 24.3 Å². The van der Waals surface area contributed by atoms with Crippen LogP contribution in [0.25, 0.3) is 0 Å². The van der Waals surface area contributed by atoms with E-state index >= 15 is 0 Å². The fraction of sp³-hybridized carbons (Fsp3) is 0.467. The standard InChI is InChI=1S/C15H23N3O.ClH/c1-4-5-6-11-9-12(14(19)18-15(16)17)7-8-13(11)10(2)3;/h7-10H,4-6H2,1-3H3,(H4,16,17,18,19);1H. The van der Waals surface area contributed by atoms with Gasteiger partial charge >= 0.3 is 0 Å². The molecule has 0 aliphatic heterocycles. The van der Waals surface area contributed by atoms with Crippen molar-refractivity contribution in [2.45, 2.75) is 46.0 Å². The van der Waals surface area contributed by atoms with Gasteiger partial charge in [0.05, 0.1) is 0 Å². The van der Waals surface area contributed by atoms with Gasteiger partial charge in [0.1, 0.15) is 0 Å². The molecule has 112 valence electrons. The van der Waals surface area contributed by atoms with E-state index in [4.69, 9.17) is 11.5 Å². The van der Waals surface area contributed by atoms with E-state index in [2.05, 4.69) is 25.8 Å². The van der Waals surface area contributed by atoms with Crippen molar-refractivity contribution in [3.63, 3.8) is 0 Å². The number of hydrogen-bond donors (Lipinski definition) is 2. The average molecular weight is 298 g/mol. The minimum absolute atomic E-state index is 0. The molecule has 0 fully saturated rings. The van der Waals surface area contributed by atoms with Crippen LogP contribution in [0.5, 0.6) is 0 Å². The maximum atomic E-state index is 11.8. The number of rotatable bonds is 5. The zero-order chi connectivity index (χ0) is 14.4. The van der Waals surface area contributed by atoms with Gasteiger partial charge in [-0.15, -0.1) is 12.4 Å². The Morgan fingerprint density at radius 3 is 2.45 bits per heavy atom. The highest BCUT2D eigenvalue weighted by Gasteiger charge is 2.11. The van der Waals surface area contributed by atoms with Crippen LogP contribution < -0.4 is 11.5 Å². The summed E-state index contributed by atoms with van der Waals surface area (Å²) >= 11 is 0. The SMILES string of the molecule is CCCCc1cc(C(=O)N=C(N)N)ccc1C(C)C.Cl. The number of nitrogens with zero attached hydrogens (tertiary/aromatic N) is 1. The molecule has 0 bridgehead atoms. The summed E-state index contributed by atoms with van der Waals surface area (Å²) in [4.78, 5) is 15.4. The lowest BCUT2D eigenvalue weighted by atomic mass is 9.92. The molecule has 0 atom stereocenters. The normalized spacial score (nSPS) is 10.0. The molecule has 0 spiro atoms. The Labute approximate surface area is 127 Å². The van der Waals surface area contributed by atoms with E-state index in [0.29, 0.717) is 11.5 Å². The molecule has 0 heterocycles. The number of unbranched alkanes of at least 4 members (excludes halogenated alkanes) is 1. The van der Waals surface area contributed by atoms with Gasteiger partial charge in [-0.1, -0.05) is 33.3 Å². The molecule has 20 heavy (non-hydrogen) atoms. The third-order valence-electron chi connectivity index (χ3n) is 3.04. The number of nitrogens with two attached hydrogens (primary N) is 2. The molecular weight excluding hydrogens is 274 g/mol. The van der Waals surface area contributed by atoms with Crippen LogP contribution in [-0.2, 0) is 6.42 Å². The van der Waals surface area contributed by atoms with Crippen molar-refractivity contribution in [2.75, 3.05) is 0 Å². The second-order valence-electron chi connectivity index (χ2n) is 5.01. The minimum Gasteiger partial charge on any atom is -0.370 e. The highest BCUT2D eigenvalue weighted by molar-refractivity contribution is 6.02. The predicted octanol–water partition coefficient (Wildman–Crippen LogP) is 2.99. The number of aliphatic imine (C=N–C) groups is 1. The first-order valence-corrected chi connectivity index (χ1v) is 6.72. The zero-order valence-electron chi connectivity index (χ0n) is 12.3. The van der Waals surface area contributed by atoms with E-state index in [0.717, 1.165) is 19.3 Å². The van der Waals surface area contributed by atoms with Gasteiger partial charge in [0, 0.05) is 5.56 Å². The molecule has 0 radical (unpaired) electrons. The van der Waals surface area contributed by atoms with Gasteiger partial charge in [-0.3, -0.25) is 4.79 Å². The van der Waals surface area contributed by atoms with Crippen molar-refractivity contribution in [3.05, 3.63) is 34.9 Å². The Balaban J connectivity index is 0.00000361. The van der Waals surface area contributed by atoms with Crippen molar-refractivity contribution in [1.82, 2.24) is 0 Å². The van der Waals surface area contributed by atoms with Crippen LogP contribution in [-0.4, -0.2) is 11.9 Å². The smallest absolute Gasteiger partial charge is 0.280 e. The molecule has 1 aromatic carbocycles. The number of guanidine groups is 1. The number of halogens is 1. The molecule has 1 rings (SSSR count). The molecule has 0 saturated carbocycles. The van der Waals surface area contributed by atoms with Gasteiger partial charge in [-0.2, -0.15) is 4.99 Å². The van der Waals surface area contributed by atoms with Crippen LogP contribution in [0, 0.1) is 0 Å². The lowest BCUT2D eigenvalue weighted by Gasteiger charge is -2.13. The number of benzene rings is 1. The van der Waals surface area contributed by atoms with Crippen molar-refractivity contribution >= 4 is 24.3 Å². The summed E-state index contributed by atoms with van der Waals surface area (Å²) in [6.07, 6.45) is 3.22. The molecule has 0 saturated heterocycles. The molecule has 4 nitrogen and oxygen atoms in total. The zero-order valence-corrected chi connectivity index (χ0v) is 13.2. The molecule has 0 unspecified atom stereocenters. The third kappa shape index (κ3) is 5.21. The van der Waals surface area contributed by atoms with Crippen molar-refractivity contribution in [3.8, 4) is 0 Å². The Bertz CT molecular complexity index is 480. The molecule has 0 aromatic heterocycles. The summed E-state index contributed by atoms with van der Waals surface area (Å²) < 4.78 is 0. The maximum Gasteiger partial charge on any atom is 0.280 e. The van der Waals surface area contributed by atoms with Crippen LogP contribution >= 0.6 is 12.4 Å². The monoisotopic (exact) mass is 297 g/mol. The number of amides is 1. The van der Waals surface area contributed by atoms with Crippen molar-refractivity contribution in [2.24, 2.45) is 16.5 Å². The Kier molecular flexibility index (Phi) is 7.92. The number of hydrogen-bond acceptors (Lipinski definition) is 1. The van der Waals surface area contributed by atoms with E-state index in [1.165, 1.54) is 11.1 Å². The molecule has 4 N–H and O–H groups in total. The van der Waals surface area contributed by atoms with Crippen LogP contribution in [0.15, 0.2) is 23.2 Å². The third-order valence-corrected chi connectivity index (χ3v) is 3.04. The number of carbonyl (C=O) groups is 1. The van der Waals surface area contributed by atoms with E-state index in [1.54, 1.807) is 6.07 Å². The molecule has 1 amide bonds. The summed E-state index contributed by atoms with van der Waals surface area (Å²) in [5, 5.41) is 0. The van der Waals surface area contributed by atoms with Gasteiger partial charge in [0.2, 0.25) is 0 Å². The highest BCUT2D eigenvalue weighted by Crippen LogP contribution is 2.23. The summed E-state index contributed by atoms with van der Waals surface area (Å²) in [7, 11) is 0. The summed E-state index contributed by atoms with van der Waals surface area (Å²) in [6, 6.07) is 5.71. The quantitative estimate of drug-likeness (QED) is 0.647. The first kappa shape index (κ1) is 18.4. The minimum atomic E-state index is -0.381. The Hall–Kier alpha value is -1.55. The van der Waals surface area contributed by atoms with Gasteiger partial charge in [-0.25, -0.2) is 0 Å². The summed E-state index contributed by atoms with van der Waals surface area (Å²) in [5.74, 6) is -0.139. The summed E-state index contributed by atoms with van der Waals surface area (Å²) in [6.45, 7) is 6.47. The van der Waals surface area contributed by atoms with Gasteiger partial charge in [0.25, 0.3) is 5.91 Å². The molecule has 0 aliphatic carbocycles. The number of carbonyl (C=O) groups excluding carboxylic acids is 1. The second-order valence-corrected chi connectivity index (χ2v) is 5.01. The molecule has 1 aromatic rings. The van der Waals surface area contributed by atoms with Gasteiger partial charge < -0.3 is 11.5 Å². The Morgan fingerprint density at radius 1 is 1.30 bits per heavy atom. The lowest BCUT2D eigenvalue weighted by molar-refractivity contribution is 0.100. The van der Waals surface area contributed by atoms with Crippen LogP contribution in [0.2, 0.25) is 0 Å². The maximum absolute atomic E-state index is 11.8. The first-order valence-electron chi connectivity index (χ1n) is 6.72. The van der Waals surface area contributed by atoms with Crippen molar-refractivity contribution in [1.29, 1.82) is 0 Å². The van der Waals surface area contributed by atoms with E-state index < -0.39 is 0 Å². The molecule has 0 aliphatic rings. The molecular formula is C15H24ClN3O. The largest absolute Gasteiger partial charge is 0.370 e. The lowest BCUT2D eigenvalue weighted by Crippen LogP contribution is -2.24. The highest BCUT2D eigenvalue weighted by atomic mass is 35.5.